The van der Waals surface area contributed by atoms with Gasteiger partial charge < -0.3 is 20.4 Å². The number of aliphatic hydroxyl groups is 2. The molecule has 2 unspecified atom stereocenters. The minimum atomic E-state index is -3.22. The highest BCUT2D eigenvalue weighted by Gasteiger charge is 2.35. The molecule has 32 heavy (non-hydrogen) atoms. The van der Waals surface area contributed by atoms with Gasteiger partial charge in [-0.15, -0.1) is 0 Å². The predicted molar refractivity (Wildman–Crippen MR) is 110 cm³/mol. The summed E-state index contributed by atoms with van der Waals surface area (Å²) in [5, 5.41) is 22.8. The average Bonchev–Trinajstić information content (AvgIpc) is 2.76. The maximum atomic E-state index is 14.3. The second-order valence-corrected chi connectivity index (χ2v) is 8.02. The fourth-order valence-corrected chi connectivity index (χ4v) is 3.68. The lowest BCUT2D eigenvalue weighted by molar-refractivity contribution is -0.154. The normalized spacial score (nSPS) is 16.7. The third kappa shape index (κ3) is 5.11. The molecule has 172 valence electrons. The summed E-state index contributed by atoms with van der Waals surface area (Å²) in [6, 6.07) is 9.38. The van der Waals surface area contributed by atoms with Gasteiger partial charge in [0.1, 0.15) is 5.82 Å². The van der Waals surface area contributed by atoms with E-state index in [2.05, 4.69) is 5.32 Å². The monoisotopic (exact) mass is 450 g/mol. The van der Waals surface area contributed by atoms with Crippen LogP contribution in [-0.4, -0.2) is 45.7 Å². The topological polar surface area (TPSA) is 89.9 Å². The Morgan fingerprint density at radius 2 is 1.75 bits per heavy atom. The smallest absolute Gasteiger partial charge is 0.270 e. The molecule has 0 aliphatic carbocycles. The molecular weight excluding hydrogens is 425 g/mol. The Balaban J connectivity index is 1.63. The second-order valence-electron chi connectivity index (χ2n) is 8.02. The zero-order valence-electron chi connectivity index (χ0n) is 17.7. The summed E-state index contributed by atoms with van der Waals surface area (Å²) in [4.78, 5) is 26.3. The van der Waals surface area contributed by atoms with E-state index in [1.165, 1.54) is 11.8 Å². The number of aliphatic hydroxyl groups excluding tert-OH is 2. The third-order valence-electron chi connectivity index (χ3n) is 5.60. The van der Waals surface area contributed by atoms with Gasteiger partial charge in [-0.3, -0.25) is 9.59 Å². The number of hydrogen-bond acceptors (Lipinski definition) is 4. The molecule has 9 heteroatoms. The van der Waals surface area contributed by atoms with Crippen molar-refractivity contribution < 1.29 is 33.0 Å². The molecule has 1 aliphatic rings. The summed E-state index contributed by atoms with van der Waals surface area (Å²) in [5.74, 6) is -6.05. The largest absolute Gasteiger partial charge is 0.380 e. The van der Waals surface area contributed by atoms with Crippen molar-refractivity contribution in [2.75, 3.05) is 6.54 Å². The Labute approximate surface area is 183 Å². The van der Waals surface area contributed by atoms with Gasteiger partial charge in [0.2, 0.25) is 0 Å². The van der Waals surface area contributed by atoms with Gasteiger partial charge in [-0.05, 0) is 30.5 Å². The number of carbonyl (C=O) groups is 2. The van der Waals surface area contributed by atoms with Crippen molar-refractivity contribution in [1.29, 1.82) is 0 Å². The van der Waals surface area contributed by atoms with Crippen LogP contribution in [0.25, 0.3) is 0 Å². The number of rotatable bonds is 6. The number of amides is 2. The lowest BCUT2D eigenvalue weighted by Crippen LogP contribution is -2.52. The number of nitrogens with zero attached hydrogens (tertiary/aromatic N) is 1. The first kappa shape index (κ1) is 23.7. The van der Waals surface area contributed by atoms with Crippen LogP contribution in [0.15, 0.2) is 42.5 Å². The Morgan fingerprint density at radius 1 is 1.09 bits per heavy atom. The van der Waals surface area contributed by atoms with Gasteiger partial charge >= 0.3 is 0 Å². The molecule has 2 aromatic rings. The van der Waals surface area contributed by atoms with Crippen LogP contribution in [0, 0.1) is 5.82 Å². The van der Waals surface area contributed by atoms with Gasteiger partial charge in [-0.1, -0.05) is 36.4 Å². The van der Waals surface area contributed by atoms with Crippen molar-refractivity contribution in [3.05, 3.63) is 70.5 Å². The molecule has 0 aromatic heterocycles. The van der Waals surface area contributed by atoms with Crippen LogP contribution in [0.2, 0.25) is 0 Å². The van der Waals surface area contributed by atoms with Gasteiger partial charge in [-0.25, -0.2) is 13.2 Å². The molecule has 0 saturated heterocycles. The van der Waals surface area contributed by atoms with Crippen LogP contribution < -0.4 is 5.32 Å². The van der Waals surface area contributed by atoms with Crippen LogP contribution in [-0.2, 0) is 28.5 Å². The number of alkyl halides is 2. The van der Waals surface area contributed by atoms with Gasteiger partial charge in [0.25, 0.3) is 17.7 Å². The average molecular weight is 450 g/mol. The highest BCUT2D eigenvalue weighted by molar-refractivity contribution is 5.91. The van der Waals surface area contributed by atoms with Crippen molar-refractivity contribution in [2.24, 2.45) is 0 Å². The van der Waals surface area contributed by atoms with Gasteiger partial charge in [-0.2, -0.15) is 0 Å². The minimum absolute atomic E-state index is 0.0768. The van der Waals surface area contributed by atoms with E-state index in [0.717, 1.165) is 23.3 Å². The molecule has 6 nitrogen and oxygen atoms in total. The Morgan fingerprint density at radius 3 is 2.38 bits per heavy atom. The lowest BCUT2D eigenvalue weighted by atomic mass is 9.99. The van der Waals surface area contributed by atoms with E-state index in [1.807, 2.05) is 24.3 Å². The lowest BCUT2D eigenvalue weighted by Gasteiger charge is -2.31. The quantitative estimate of drug-likeness (QED) is 0.631. The van der Waals surface area contributed by atoms with Crippen molar-refractivity contribution >= 4 is 11.8 Å². The highest BCUT2D eigenvalue weighted by atomic mass is 19.3. The summed E-state index contributed by atoms with van der Waals surface area (Å²) in [6.45, 7) is 2.61. The van der Waals surface area contributed by atoms with Crippen molar-refractivity contribution in [2.45, 2.75) is 51.0 Å². The van der Waals surface area contributed by atoms with E-state index < -0.39 is 47.4 Å². The van der Waals surface area contributed by atoms with Crippen LogP contribution in [0.1, 0.15) is 42.1 Å². The Bertz CT molecular complexity index is 1010. The first-order valence-corrected chi connectivity index (χ1v) is 10.2. The number of benzene rings is 2. The Hall–Kier alpha value is -2.91. The molecule has 0 spiro atoms. The zero-order chi connectivity index (χ0) is 23.6. The van der Waals surface area contributed by atoms with E-state index in [-0.39, 0.29) is 12.1 Å². The number of fused-ring (bicyclic) bond motifs is 1. The molecule has 0 radical (unpaired) electrons. The fraction of sp³-hybridized carbons (Fsp3) is 0.391. The third-order valence-corrected chi connectivity index (χ3v) is 5.60. The van der Waals surface area contributed by atoms with Crippen LogP contribution in [0.5, 0.6) is 0 Å². The molecule has 0 bridgehead atoms. The standard InChI is InChI=1S/C23H25F3N2O4/c1-13(17-8-7-16(11-18(17)24)23(2,25)26)27-21(31)19(29)20(30)22(32)28-10-9-14-5-3-4-6-15(14)12-28/h3-8,11,13,19-20,29-30H,9-10,12H2,1-2H3,(H,27,31)/t13-,19?,20?/m0/s1. The SMILES string of the molecule is C[C@H](NC(=O)C(O)C(O)C(=O)N1CCc2ccccc2C1)c1ccc(C(C)(F)F)cc1F. The molecule has 2 amide bonds. The summed E-state index contributed by atoms with van der Waals surface area (Å²) < 4.78 is 41.0. The molecule has 3 rings (SSSR count). The number of halogens is 3. The fourth-order valence-electron chi connectivity index (χ4n) is 3.68. The molecule has 2 aromatic carbocycles. The highest BCUT2D eigenvalue weighted by Crippen LogP contribution is 2.29. The Kier molecular flexibility index (Phi) is 6.90. The summed E-state index contributed by atoms with van der Waals surface area (Å²) in [5.41, 5.74) is 1.42. The summed E-state index contributed by atoms with van der Waals surface area (Å²) in [7, 11) is 0. The summed E-state index contributed by atoms with van der Waals surface area (Å²) >= 11 is 0. The van der Waals surface area contributed by atoms with Gasteiger partial charge in [0.15, 0.2) is 12.2 Å². The van der Waals surface area contributed by atoms with Crippen LogP contribution >= 0.6 is 0 Å². The van der Waals surface area contributed by atoms with Gasteiger partial charge in [0.05, 0.1) is 6.04 Å². The molecule has 3 N–H and O–H groups in total. The molecule has 0 fully saturated rings. The summed E-state index contributed by atoms with van der Waals surface area (Å²) in [6.07, 6.45) is -3.50. The maximum Gasteiger partial charge on any atom is 0.270 e. The van der Waals surface area contributed by atoms with E-state index in [1.54, 1.807) is 0 Å². The number of carbonyl (C=O) groups excluding carboxylic acids is 2. The minimum Gasteiger partial charge on any atom is -0.380 e. The molecular formula is C23H25F3N2O4. The van der Waals surface area contributed by atoms with E-state index in [0.29, 0.717) is 26.0 Å². The van der Waals surface area contributed by atoms with Crippen molar-refractivity contribution in [3.8, 4) is 0 Å². The van der Waals surface area contributed by atoms with E-state index >= 15 is 0 Å². The second kappa shape index (κ2) is 9.30. The van der Waals surface area contributed by atoms with Crippen LogP contribution in [0.4, 0.5) is 13.2 Å². The molecule has 0 saturated carbocycles. The van der Waals surface area contributed by atoms with Crippen LogP contribution in [0.3, 0.4) is 0 Å². The van der Waals surface area contributed by atoms with E-state index in [9.17, 15) is 33.0 Å². The first-order chi connectivity index (χ1) is 15.0. The molecule has 1 heterocycles. The first-order valence-electron chi connectivity index (χ1n) is 10.2. The van der Waals surface area contributed by atoms with E-state index in [4.69, 9.17) is 0 Å². The van der Waals surface area contributed by atoms with Gasteiger partial charge in [0, 0.05) is 31.1 Å². The molecule has 3 atom stereocenters. The molecule has 1 aliphatic heterocycles. The number of hydrogen-bond donors (Lipinski definition) is 3. The zero-order valence-corrected chi connectivity index (χ0v) is 17.7. The van der Waals surface area contributed by atoms with Crippen molar-refractivity contribution in [1.82, 2.24) is 10.2 Å². The van der Waals surface area contributed by atoms with Crippen molar-refractivity contribution in [3.63, 3.8) is 0 Å². The maximum absolute atomic E-state index is 14.3. The number of nitrogens with one attached hydrogen (secondary N) is 1. The predicted octanol–water partition coefficient (Wildman–Crippen LogP) is 2.42.